The first-order valence-corrected chi connectivity index (χ1v) is 8.18. The predicted molar refractivity (Wildman–Crippen MR) is 89.6 cm³/mol. The second-order valence-electron chi connectivity index (χ2n) is 5.61. The summed E-state index contributed by atoms with van der Waals surface area (Å²) in [7, 11) is 0. The monoisotopic (exact) mass is 319 g/mol. The highest BCUT2D eigenvalue weighted by molar-refractivity contribution is 5.98. The number of benzene rings is 1. The maximum absolute atomic E-state index is 11.8. The van der Waals surface area contributed by atoms with Crippen LogP contribution in [0.5, 0.6) is 0 Å². The minimum atomic E-state index is -0.985. The lowest BCUT2D eigenvalue weighted by Crippen LogP contribution is -2.11. The van der Waals surface area contributed by atoms with Crippen molar-refractivity contribution in [1.82, 2.24) is 0 Å². The summed E-state index contributed by atoms with van der Waals surface area (Å²) in [4.78, 5) is 34.0. The molecular weight excluding hydrogens is 294 g/mol. The third-order valence-electron chi connectivity index (χ3n) is 3.56. The number of Topliss-reactive ketones (excluding diaryl/α,β-unsaturated/α-hetero) is 1. The molecule has 0 aliphatic heterocycles. The molecule has 126 valence electrons. The van der Waals surface area contributed by atoms with E-state index in [0.717, 1.165) is 19.3 Å². The third kappa shape index (κ3) is 8.14. The summed E-state index contributed by atoms with van der Waals surface area (Å²) in [5, 5.41) is 11.4. The van der Waals surface area contributed by atoms with Crippen LogP contribution in [0.15, 0.2) is 24.3 Å². The number of nitrogens with one attached hydrogen (secondary N) is 1. The second-order valence-corrected chi connectivity index (χ2v) is 5.61. The minimum Gasteiger partial charge on any atom is -0.481 e. The van der Waals surface area contributed by atoms with Gasteiger partial charge in [0.1, 0.15) is 0 Å². The molecule has 0 radical (unpaired) electrons. The highest BCUT2D eigenvalue weighted by Gasteiger charge is 2.09. The van der Waals surface area contributed by atoms with Gasteiger partial charge in [-0.3, -0.25) is 14.4 Å². The van der Waals surface area contributed by atoms with Crippen molar-refractivity contribution >= 4 is 23.3 Å². The summed E-state index contributed by atoms with van der Waals surface area (Å²) in [6.07, 6.45) is 5.83. The summed E-state index contributed by atoms with van der Waals surface area (Å²) in [5.74, 6) is -1.21. The molecular formula is C18H25NO4. The Labute approximate surface area is 137 Å². The minimum absolute atomic E-state index is 0.0151. The highest BCUT2D eigenvalue weighted by Crippen LogP contribution is 2.13. The topological polar surface area (TPSA) is 83.5 Å². The number of ketones is 1. The Balaban J connectivity index is 2.37. The maximum Gasteiger partial charge on any atom is 0.303 e. The van der Waals surface area contributed by atoms with Gasteiger partial charge in [0.2, 0.25) is 5.91 Å². The Hall–Kier alpha value is -2.17. The largest absolute Gasteiger partial charge is 0.481 e. The van der Waals surface area contributed by atoms with E-state index in [9.17, 15) is 14.4 Å². The smallest absolute Gasteiger partial charge is 0.303 e. The molecule has 0 spiro atoms. The lowest BCUT2D eigenvalue weighted by atomic mass is 10.1. The number of carbonyl (C=O) groups excluding carboxylic acids is 2. The SMILES string of the molecule is CCCCCCCC(=O)Nc1ccc(C(=O)CCC(=O)O)cc1. The fourth-order valence-electron chi connectivity index (χ4n) is 2.22. The zero-order valence-corrected chi connectivity index (χ0v) is 13.6. The molecule has 0 saturated carbocycles. The van der Waals surface area contributed by atoms with Crippen LogP contribution in [-0.4, -0.2) is 22.8 Å². The van der Waals surface area contributed by atoms with E-state index in [2.05, 4.69) is 12.2 Å². The molecule has 5 heteroatoms. The standard InChI is InChI=1S/C18H25NO4/c1-2-3-4-5-6-7-17(21)19-15-10-8-14(9-11-15)16(20)12-13-18(22)23/h8-11H,2-7,12-13H2,1H3,(H,19,21)(H,22,23). The number of anilines is 1. The number of carboxylic acids is 1. The zero-order valence-electron chi connectivity index (χ0n) is 13.6. The number of hydrogen-bond donors (Lipinski definition) is 2. The van der Waals surface area contributed by atoms with E-state index in [0.29, 0.717) is 17.7 Å². The van der Waals surface area contributed by atoms with E-state index in [1.54, 1.807) is 24.3 Å². The molecule has 0 fully saturated rings. The van der Waals surface area contributed by atoms with Crippen LogP contribution in [0.1, 0.15) is 68.6 Å². The van der Waals surface area contributed by atoms with Crippen LogP contribution in [0.4, 0.5) is 5.69 Å². The number of aliphatic carboxylic acids is 1. The molecule has 0 aliphatic rings. The van der Waals surface area contributed by atoms with E-state index >= 15 is 0 Å². The molecule has 0 aliphatic carbocycles. The molecule has 1 aromatic carbocycles. The van der Waals surface area contributed by atoms with Gasteiger partial charge in [-0.05, 0) is 30.7 Å². The lowest BCUT2D eigenvalue weighted by molar-refractivity contribution is -0.137. The van der Waals surface area contributed by atoms with Gasteiger partial charge in [-0.2, -0.15) is 0 Å². The van der Waals surface area contributed by atoms with Crippen molar-refractivity contribution in [2.24, 2.45) is 0 Å². The molecule has 23 heavy (non-hydrogen) atoms. The molecule has 1 rings (SSSR count). The van der Waals surface area contributed by atoms with E-state index in [4.69, 9.17) is 5.11 Å². The lowest BCUT2D eigenvalue weighted by Gasteiger charge is -2.06. The quantitative estimate of drug-likeness (QED) is 0.476. The number of carboxylic acid groups (broad SMARTS) is 1. The van der Waals surface area contributed by atoms with Crippen molar-refractivity contribution in [3.05, 3.63) is 29.8 Å². The van der Waals surface area contributed by atoms with Crippen LogP contribution in [0, 0.1) is 0 Å². The molecule has 0 bridgehead atoms. The number of rotatable bonds is 11. The molecule has 0 unspecified atom stereocenters. The van der Waals surface area contributed by atoms with Crippen molar-refractivity contribution in [1.29, 1.82) is 0 Å². The Bertz CT molecular complexity index is 522. The summed E-state index contributed by atoms with van der Waals surface area (Å²) < 4.78 is 0. The van der Waals surface area contributed by atoms with Gasteiger partial charge in [0.15, 0.2) is 5.78 Å². The van der Waals surface area contributed by atoms with Crippen LogP contribution < -0.4 is 5.32 Å². The molecule has 0 saturated heterocycles. The Kier molecular flexibility index (Phi) is 8.65. The average molecular weight is 319 g/mol. The maximum atomic E-state index is 11.8. The Morgan fingerprint density at radius 2 is 1.57 bits per heavy atom. The predicted octanol–water partition coefficient (Wildman–Crippen LogP) is 4.03. The first-order chi connectivity index (χ1) is 11.0. The van der Waals surface area contributed by atoms with Crippen molar-refractivity contribution in [3.63, 3.8) is 0 Å². The van der Waals surface area contributed by atoms with Crippen LogP contribution in [0.2, 0.25) is 0 Å². The summed E-state index contributed by atoms with van der Waals surface area (Å²) in [5.41, 5.74) is 1.11. The number of amides is 1. The van der Waals surface area contributed by atoms with Crippen LogP contribution in [0.3, 0.4) is 0 Å². The molecule has 5 nitrogen and oxygen atoms in total. The van der Waals surface area contributed by atoms with Crippen LogP contribution in [0.25, 0.3) is 0 Å². The van der Waals surface area contributed by atoms with Gasteiger partial charge in [-0.25, -0.2) is 0 Å². The van der Waals surface area contributed by atoms with Gasteiger partial charge in [0.25, 0.3) is 0 Å². The van der Waals surface area contributed by atoms with Crippen molar-refractivity contribution in [3.8, 4) is 0 Å². The third-order valence-corrected chi connectivity index (χ3v) is 3.56. The van der Waals surface area contributed by atoms with Crippen LogP contribution in [-0.2, 0) is 9.59 Å². The van der Waals surface area contributed by atoms with Crippen molar-refractivity contribution < 1.29 is 19.5 Å². The molecule has 2 N–H and O–H groups in total. The molecule has 1 amide bonds. The number of carbonyl (C=O) groups is 3. The van der Waals surface area contributed by atoms with Gasteiger partial charge in [-0.15, -0.1) is 0 Å². The van der Waals surface area contributed by atoms with E-state index in [1.807, 2.05) is 0 Å². The van der Waals surface area contributed by atoms with E-state index < -0.39 is 5.97 Å². The molecule has 1 aromatic rings. The van der Waals surface area contributed by atoms with Crippen molar-refractivity contribution in [2.45, 2.75) is 58.3 Å². The number of hydrogen-bond acceptors (Lipinski definition) is 3. The van der Waals surface area contributed by atoms with Gasteiger partial charge in [-0.1, -0.05) is 32.6 Å². The summed E-state index contributed by atoms with van der Waals surface area (Å²) in [6, 6.07) is 6.56. The van der Waals surface area contributed by atoms with E-state index in [-0.39, 0.29) is 24.5 Å². The fourth-order valence-corrected chi connectivity index (χ4v) is 2.22. The first kappa shape index (κ1) is 18.9. The second kappa shape index (κ2) is 10.5. The van der Waals surface area contributed by atoms with Crippen molar-refractivity contribution in [2.75, 3.05) is 5.32 Å². The Morgan fingerprint density at radius 3 is 2.17 bits per heavy atom. The molecule has 0 heterocycles. The first-order valence-electron chi connectivity index (χ1n) is 8.18. The average Bonchev–Trinajstić information content (AvgIpc) is 2.53. The van der Waals surface area contributed by atoms with Gasteiger partial charge < -0.3 is 10.4 Å². The molecule has 0 aromatic heterocycles. The van der Waals surface area contributed by atoms with E-state index in [1.165, 1.54) is 12.8 Å². The van der Waals surface area contributed by atoms with Gasteiger partial charge in [0.05, 0.1) is 6.42 Å². The summed E-state index contributed by atoms with van der Waals surface area (Å²) >= 11 is 0. The fraction of sp³-hybridized carbons (Fsp3) is 0.500. The summed E-state index contributed by atoms with van der Waals surface area (Å²) in [6.45, 7) is 2.16. The normalized spacial score (nSPS) is 10.3. The van der Waals surface area contributed by atoms with Gasteiger partial charge in [0, 0.05) is 24.1 Å². The van der Waals surface area contributed by atoms with Crippen LogP contribution >= 0.6 is 0 Å². The van der Waals surface area contributed by atoms with Gasteiger partial charge >= 0.3 is 5.97 Å². The zero-order chi connectivity index (χ0) is 17.1. The highest BCUT2D eigenvalue weighted by atomic mass is 16.4. The Morgan fingerprint density at radius 1 is 0.913 bits per heavy atom. The number of unbranched alkanes of at least 4 members (excludes halogenated alkanes) is 4. The molecule has 0 atom stereocenters.